The number of fused-ring (bicyclic) bond motifs is 1. The Labute approximate surface area is 83.3 Å². The van der Waals surface area contributed by atoms with Gasteiger partial charge in [0.25, 0.3) is 0 Å². The second kappa shape index (κ2) is 3.66. The Morgan fingerprint density at radius 2 is 2.07 bits per heavy atom. The van der Waals surface area contributed by atoms with Crippen molar-refractivity contribution in [2.75, 3.05) is 0 Å². The van der Waals surface area contributed by atoms with E-state index in [0.29, 0.717) is 11.8 Å². The van der Waals surface area contributed by atoms with Crippen LogP contribution < -0.4 is 0 Å². The van der Waals surface area contributed by atoms with Crippen LogP contribution in [0.2, 0.25) is 0 Å². The molecule has 1 aromatic carbocycles. The summed E-state index contributed by atoms with van der Waals surface area (Å²) < 4.78 is 5.52. The normalized spacial score (nSPS) is 11.9. The molecule has 0 radical (unpaired) electrons. The fourth-order valence-electron chi connectivity index (χ4n) is 1.24. The van der Waals surface area contributed by atoms with Crippen molar-refractivity contribution in [2.24, 2.45) is 5.92 Å². The van der Waals surface area contributed by atoms with Gasteiger partial charge < -0.3 is 4.42 Å². The molecule has 2 heteroatoms. The van der Waals surface area contributed by atoms with E-state index in [1.54, 1.807) is 0 Å². The molecule has 0 aliphatic rings. The fraction of sp³-hybridized carbons (Fsp3) is 0.250. The van der Waals surface area contributed by atoms with Crippen LogP contribution in [0.25, 0.3) is 17.2 Å². The van der Waals surface area contributed by atoms with Gasteiger partial charge in [-0.2, -0.15) is 0 Å². The van der Waals surface area contributed by atoms with Crippen LogP contribution >= 0.6 is 0 Å². The molecule has 0 saturated carbocycles. The van der Waals surface area contributed by atoms with Gasteiger partial charge in [-0.1, -0.05) is 32.1 Å². The Bertz CT molecular complexity index is 421. The Morgan fingerprint density at radius 3 is 2.79 bits per heavy atom. The summed E-state index contributed by atoms with van der Waals surface area (Å²) >= 11 is 0. The second-order valence-electron chi connectivity index (χ2n) is 3.62. The van der Waals surface area contributed by atoms with E-state index in [9.17, 15) is 0 Å². The van der Waals surface area contributed by atoms with E-state index in [4.69, 9.17) is 4.42 Å². The zero-order valence-electron chi connectivity index (χ0n) is 8.40. The summed E-state index contributed by atoms with van der Waals surface area (Å²) in [6, 6.07) is 7.78. The minimum absolute atomic E-state index is 0.519. The average Bonchev–Trinajstić information content (AvgIpc) is 2.57. The highest BCUT2D eigenvalue weighted by atomic mass is 16.3. The number of hydrogen-bond acceptors (Lipinski definition) is 2. The van der Waals surface area contributed by atoms with Gasteiger partial charge in [-0.25, -0.2) is 4.98 Å². The molecule has 1 heterocycles. The molecule has 2 rings (SSSR count). The van der Waals surface area contributed by atoms with Crippen LogP contribution in [0.1, 0.15) is 19.7 Å². The maximum atomic E-state index is 5.52. The van der Waals surface area contributed by atoms with E-state index < -0.39 is 0 Å². The molecule has 14 heavy (non-hydrogen) atoms. The van der Waals surface area contributed by atoms with Crippen LogP contribution in [0.5, 0.6) is 0 Å². The molecular formula is C12H13NO. The lowest BCUT2D eigenvalue weighted by Crippen LogP contribution is -1.77. The first-order valence-electron chi connectivity index (χ1n) is 4.79. The standard InChI is InChI=1S/C12H13NO/c1-9(2)7-8-12-13-10-5-3-4-6-11(10)14-12/h3-9H,1-2H3/b8-7+. The van der Waals surface area contributed by atoms with Crippen LogP contribution in [0, 0.1) is 5.92 Å². The lowest BCUT2D eigenvalue weighted by molar-refractivity contribution is 0.588. The SMILES string of the molecule is CC(C)/C=C/c1nc2ccccc2o1. The predicted octanol–water partition coefficient (Wildman–Crippen LogP) is 3.50. The van der Waals surface area contributed by atoms with Gasteiger partial charge in [0, 0.05) is 0 Å². The lowest BCUT2D eigenvalue weighted by atomic mass is 10.2. The summed E-state index contributed by atoms with van der Waals surface area (Å²) in [5, 5.41) is 0. The van der Waals surface area contributed by atoms with Crippen LogP contribution in [0.4, 0.5) is 0 Å². The summed E-state index contributed by atoms with van der Waals surface area (Å²) in [6.07, 6.45) is 4.00. The maximum Gasteiger partial charge on any atom is 0.219 e. The first-order valence-corrected chi connectivity index (χ1v) is 4.79. The molecule has 0 fully saturated rings. The van der Waals surface area contributed by atoms with Gasteiger partial charge in [-0.05, 0) is 24.1 Å². The number of allylic oxidation sites excluding steroid dienone is 1. The minimum Gasteiger partial charge on any atom is -0.437 e. The number of benzene rings is 1. The van der Waals surface area contributed by atoms with Crippen molar-refractivity contribution in [1.82, 2.24) is 4.98 Å². The number of aromatic nitrogens is 1. The van der Waals surface area contributed by atoms with Crippen molar-refractivity contribution < 1.29 is 4.42 Å². The number of hydrogen-bond donors (Lipinski definition) is 0. The second-order valence-corrected chi connectivity index (χ2v) is 3.62. The summed E-state index contributed by atoms with van der Waals surface area (Å²) in [7, 11) is 0. The molecule has 0 aliphatic carbocycles. The zero-order valence-corrected chi connectivity index (χ0v) is 8.40. The predicted molar refractivity (Wildman–Crippen MR) is 57.9 cm³/mol. The number of rotatable bonds is 2. The first-order chi connectivity index (χ1) is 6.75. The summed E-state index contributed by atoms with van der Waals surface area (Å²) in [6.45, 7) is 4.25. The molecular weight excluding hydrogens is 174 g/mol. The monoisotopic (exact) mass is 187 g/mol. The molecule has 0 amide bonds. The smallest absolute Gasteiger partial charge is 0.219 e. The third-order valence-electron chi connectivity index (χ3n) is 1.93. The molecule has 0 saturated heterocycles. The zero-order chi connectivity index (χ0) is 9.97. The Kier molecular flexibility index (Phi) is 2.35. The van der Waals surface area contributed by atoms with Crippen LogP contribution in [-0.4, -0.2) is 4.98 Å². The van der Waals surface area contributed by atoms with Gasteiger partial charge in [-0.15, -0.1) is 0 Å². The van der Waals surface area contributed by atoms with E-state index in [-0.39, 0.29) is 0 Å². The van der Waals surface area contributed by atoms with E-state index in [0.717, 1.165) is 11.1 Å². The van der Waals surface area contributed by atoms with Crippen LogP contribution in [0.15, 0.2) is 34.8 Å². The third kappa shape index (κ3) is 1.84. The van der Waals surface area contributed by atoms with Crippen molar-refractivity contribution in [2.45, 2.75) is 13.8 Å². The van der Waals surface area contributed by atoms with Crippen molar-refractivity contribution >= 4 is 17.2 Å². The third-order valence-corrected chi connectivity index (χ3v) is 1.93. The van der Waals surface area contributed by atoms with Gasteiger partial charge in [0.2, 0.25) is 5.89 Å². The molecule has 72 valence electrons. The average molecular weight is 187 g/mol. The van der Waals surface area contributed by atoms with Crippen LogP contribution in [0.3, 0.4) is 0 Å². The van der Waals surface area contributed by atoms with Gasteiger partial charge in [-0.3, -0.25) is 0 Å². The number of nitrogens with zero attached hydrogens (tertiary/aromatic N) is 1. The molecule has 0 bridgehead atoms. The largest absolute Gasteiger partial charge is 0.437 e. The van der Waals surface area contributed by atoms with Crippen LogP contribution in [-0.2, 0) is 0 Å². The summed E-state index contributed by atoms with van der Waals surface area (Å²) in [5.74, 6) is 1.20. The highest BCUT2D eigenvalue weighted by Gasteiger charge is 2.00. The van der Waals surface area contributed by atoms with Crippen molar-refractivity contribution in [1.29, 1.82) is 0 Å². The highest BCUT2D eigenvalue weighted by molar-refractivity contribution is 5.73. The Hall–Kier alpha value is -1.57. The quantitative estimate of drug-likeness (QED) is 0.719. The fourth-order valence-corrected chi connectivity index (χ4v) is 1.24. The van der Waals surface area contributed by atoms with Crippen molar-refractivity contribution in [3.05, 3.63) is 36.2 Å². The Balaban J connectivity index is 2.36. The van der Waals surface area contributed by atoms with Crippen molar-refractivity contribution in [3.63, 3.8) is 0 Å². The maximum absolute atomic E-state index is 5.52. The van der Waals surface area contributed by atoms with E-state index in [1.807, 2.05) is 30.3 Å². The van der Waals surface area contributed by atoms with Gasteiger partial charge >= 0.3 is 0 Å². The molecule has 0 unspecified atom stereocenters. The van der Waals surface area contributed by atoms with E-state index >= 15 is 0 Å². The molecule has 2 aromatic rings. The molecule has 0 spiro atoms. The van der Waals surface area contributed by atoms with E-state index in [1.165, 1.54) is 0 Å². The summed E-state index contributed by atoms with van der Waals surface area (Å²) in [4.78, 5) is 4.33. The molecule has 0 aliphatic heterocycles. The minimum atomic E-state index is 0.519. The number of oxazole rings is 1. The van der Waals surface area contributed by atoms with E-state index in [2.05, 4.69) is 24.9 Å². The van der Waals surface area contributed by atoms with Gasteiger partial charge in [0.15, 0.2) is 5.58 Å². The summed E-state index contributed by atoms with van der Waals surface area (Å²) in [5.41, 5.74) is 1.76. The van der Waals surface area contributed by atoms with Gasteiger partial charge in [0.05, 0.1) is 0 Å². The molecule has 2 nitrogen and oxygen atoms in total. The van der Waals surface area contributed by atoms with Gasteiger partial charge in [0.1, 0.15) is 5.52 Å². The topological polar surface area (TPSA) is 26.0 Å². The van der Waals surface area contributed by atoms with Crippen molar-refractivity contribution in [3.8, 4) is 0 Å². The molecule has 1 aromatic heterocycles. The Morgan fingerprint density at radius 1 is 1.29 bits per heavy atom. The molecule has 0 N–H and O–H groups in total. The molecule has 0 atom stereocenters. The lowest BCUT2D eigenvalue weighted by Gasteiger charge is -1.89. The first kappa shape index (κ1) is 9.00. The number of para-hydroxylation sites is 2. The highest BCUT2D eigenvalue weighted by Crippen LogP contribution is 2.15.